The second-order valence-corrected chi connectivity index (χ2v) is 4.90. The van der Waals surface area contributed by atoms with Gasteiger partial charge < -0.3 is 15.2 Å². The zero-order valence-electron chi connectivity index (χ0n) is 12.6. The number of fused-ring (bicyclic) bond motifs is 1. The molecule has 0 radical (unpaired) electrons. The number of benzene rings is 1. The van der Waals surface area contributed by atoms with E-state index in [0.717, 1.165) is 17.0 Å². The van der Waals surface area contributed by atoms with Gasteiger partial charge in [-0.15, -0.1) is 10.2 Å². The Morgan fingerprint density at radius 3 is 2.59 bits per heavy atom. The summed E-state index contributed by atoms with van der Waals surface area (Å²) in [6.45, 7) is 1.84. The molecule has 0 bridgehead atoms. The summed E-state index contributed by atoms with van der Waals surface area (Å²) >= 11 is 0. The first-order valence-electron chi connectivity index (χ1n) is 6.84. The largest absolute Gasteiger partial charge is 0.497 e. The Labute approximate surface area is 127 Å². The van der Waals surface area contributed by atoms with Gasteiger partial charge in [0.2, 0.25) is 0 Å². The van der Waals surface area contributed by atoms with Crippen molar-refractivity contribution in [2.75, 3.05) is 14.2 Å². The molecule has 0 aliphatic heterocycles. The van der Waals surface area contributed by atoms with Gasteiger partial charge in [-0.2, -0.15) is 9.61 Å². The Kier molecular flexibility index (Phi) is 3.64. The third-order valence-electron chi connectivity index (χ3n) is 3.38. The van der Waals surface area contributed by atoms with Gasteiger partial charge in [-0.1, -0.05) is 0 Å². The van der Waals surface area contributed by atoms with Crippen molar-refractivity contribution in [2.24, 2.45) is 5.73 Å². The maximum Gasteiger partial charge on any atom is 0.178 e. The van der Waals surface area contributed by atoms with Gasteiger partial charge in [-0.05, 0) is 37.3 Å². The number of aromatic nitrogens is 4. The molecule has 0 aliphatic rings. The lowest BCUT2D eigenvalue weighted by Gasteiger charge is -2.10. The summed E-state index contributed by atoms with van der Waals surface area (Å²) in [5, 5.41) is 12.7. The lowest BCUT2D eigenvalue weighted by atomic mass is 10.1. The molecule has 0 aliphatic carbocycles. The molecule has 114 valence electrons. The minimum absolute atomic E-state index is 0.259. The third-order valence-corrected chi connectivity index (χ3v) is 3.38. The van der Waals surface area contributed by atoms with Crippen LogP contribution in [-0.2, 0) is 0 Å². The molecule has 22 heavy (non-hydrogen) atoms. The van der Waals surface area contributed by atoms with Crippen molar-refractivity contribution in [3.8, 4) is 22.8 Å². The first-order valence-corrected chi connectivity index (χ1v) is 6.84. The standard InChI is InChI=1S/C15H17N5O2/c1-9(16)15-18-17-14-7-5-12(19-20(14)15)11-8-10(21-2)4-6-13(11)22-3/h4-9H,16H2,1-3H3. The van der Waals surface area contributed by atoms with Crippen molar-refractivity contribution in [3.63, 3.8) is 0 Å². The van der Waals surface area contributed by atoms with E-state index in [1.807, 2.05) is 37.3 Å². The molecule has 0 amide bonds. The first-order chi connectivity index (χ1) is 10.6. The number of hydrogen-bond donors (Lipinski definition) is 1. The number of nitrogens with two attached hydrogens (primary N) is 1. The molecular formula is C15H17N5O2. The lowest BCUT2D eigenvalue weighted by Crippen LogP contribution is -2.11. The molecule has 2 N–H and O–H groups in total. The molecule has 1 unspecified atom stereocenters. The highest BCUT2D eigenvalue weighted by atomic mass is 16.5. The van der Waals surface area contributed by atoms with Crippen LogP contribution in [0.2, 0.25) is 0 Å². The van der Waals surface area contributed by atoms with Gasteiger partial charge in [-0.3, -0.25) is 0 Å². The topological polar surface area (TPSA) is 87.6 Å². The van der Waals surface area contributed by atoms with Gasteiger partial charge in [0, 0.05) is 5.56 Å². The quantitative estimate of drug-likeness (QED) is 0.790. The maximum atomic E-state index is 5.91. The SMILES string of the molecule is COc1ccc(OC)c(-c2ccc3nnc(C(C)N)n3n2)c1. The summed E-state index contributed by atoms with van der Waals surface area (Å²) in [5.41, 5.74) is 8.11. The summed E-state index contributed by atoms with van der Waals surface area (Å²) in [7, 11) is 3.24. The molecule has 0 spiro atoms. The second kappa shape index (κ2) is 5.61. The monoisotopic (exact) mass is 299 g/mol. The maximum absolute atomic E-state index is 5.91. The van der Waals surface area contributed by atoms with Crippen LogP contribution in [0.4, 0.5) is 0 Å². The van der Waals surface area contributed by atoms with Crippen LogP contribution in [0.5, 0.6) is 11.5 Å². The summed E-state index contributed by atoms with van der Waals surface area (Å²) in [6.07, 6.45) is 0. The first kappa shape index (κ1) is 14.3. The number of ether oxygens (including phenoxy) is 2. The molecule has 7 nitrogen and oxygen atoms in total. The number of rotatable bonds is 4. The molecule has 7 heteroatoms. The van der Waals surface area contributed by atoms with Gasteiger partial charge >= 0.3 is 0 Å². The Balaban J connectivity index is 2.19. The molecule has 1 atom stereocenters. The average Bonchev–Trinajstić information content (AvgIpc) is 2.97. The van der Waals surface area contributed by atoms with E-state index in [1.165, 1.54) is 0 Å². The van der Waals surface area contributed by atoms with Crippen LogP contribution in [0, 0.1) is 0 Å². The molecule has 0 saturated carbocycles. The van der Waals surface area contributed by atoms with Gasteiger partial charge in [0.05, 0.1) is 26.0 Å². The van der Waals surface area contributed by atoms with Crippen LogP contribution in [0.25, 0.3) is 16.9 Å². The molecule has 3 rings (SSSR count). The summed E-state index contributed by atoms with van der Waals surface area (Å²) in [6, 6.07) is 9.02. The van der Waals surface area contributed by atoms with E-state index < -0.39 is 0 Å². The van der Waals surface area contributed by atoms with Crippen LogP contribution >= 0.6 is 0 Å². The van der Waals surface area contributed by atoms with E-state index in [4.69, 9.17) is 15.2 Å². The van der Waals surface area contributed by atoms with Gasteiger partial charge in [0.1, 0.15) is 11.5 Å². The molecule has 3 aromatic rings. The van der Waals surface area contributed by atoms with Crippen LogP contribution in [0.3, 0.4) is 0 Å². The van der Waals surface area contributed by atoms with Crippen molar-refractivity contribution >= 4 is 5.65 Å². The highest BCUT2D eigenvalue weighted by Crippen LogP contribution is 2.32. The fourth-order valence-electron chi connectivity index (χ4n) is 2.25. The minimum atomic E-state index is -0.259. The normalized spacial score (nSPS) is 12.4. The van der Waals surface area contributed by atoms with Gasteiger partial charge in [0.25, 0.3) is 0 Å². The molecule has 0 fully saturated rings. The fourth-order valence-corrected chi connectivity index (χ4v) is 2.25. The fraction of sp³-hybridized carbons (Fsp3) is 0.267. The zero-order valence-corrected chi connectivity index (χ0v) is 12.6. The summed E-state index contributed by atoms with van der Waals surface area (Å²) < 4.78 is 12.3. The van der Waals surface area contributed by atoms with Crippen molar-refractivity contribution in [2.45, 2.75) is 13.0 Å². The molecule has 0 saturated heterocycles. The van der Waals surface area contributed by atoms with Gasteiger partial charge in [0.15, 0.2) is 11.5 Å². The van der Waals surface area contributed by atoms with E-state index in [9.17, 15) is 0 Å². The molecule has 2 aromatic heterocycles. The Bertz CT molecular complexity index is 813. The van der Waals surface area contributed by atoms with Crippen LogP contribution in [0.1, 0.15) is 18.8 Å². The minimum Gasteiger partial charge on any atom is -0.497 e. The van der Waals surface area contributed by atoms with Crippen molar-refractivity contribution in [3.05, 3.63) is 36.2 Å². The van der Waals surface area contributed by atoms with E-state index in [2.05, 4.69) is 15.3 Å². The highest BCUT2D eigenvalue weighted by Gasteiger charge is 2.14. The Morgan fingerprint density at radius 1 is 1.09 bits per heavy atom. The molecule has 2 heterocycles. The predicted molar refractivity (Wildman–Crippen MR) is 81.9 cm³/mol. The Morgan fingerprint density at radius 2 is 1.91 bits per heavy atom. The van der Waals surface area contributed by atoms with Crippen molar-refractivity contribution in [1.82, 2.24) is 19.8 Å². The third kappa shape index (κ3) is 2.35. The highest BCUT2D eigenvalue weighted by molar-refractivity contribution is 5.69. The van der Waals surface area contributed by atoms with Crippen LogP contribution in [-0.4, -0.2) is 34.0 Å². The summed E-state index contributed by atoms with van der Waals surface area (Å²) in [5.74, 6) is 2.05. The van der Waals surface area contributed by atoms with Crippen LogP contribution < -0.4 is 15.2 Å². The van der Waals surface area contributed by atoms with E-state index >= 15 is 0 Å². The second-order valence-electron chi connectivity index (χ2n) is 4.90. The zero-order chi connectivity index (χ0) is 15.7. The predicted octanol–water partition coefficient (Wildman–Crippen LogP) is 1.83. The van der Waals surface area contributed by atoms with E-state index in [0.29, 0.717) is 17.2 Å². The average molecular weight is 299 g/mol. The molecule has 1 aromatic carbocycles. The number of hydrogen-bond acceptors (Lipinski definition) is 6. The Hall–Kier alpha value is -2.67. The van der Waals surface area contributed by atoms with Gasteiger partial charge in [-0.25, -0.2) is 0 Å². The number of methoxy groups -OCH3 is 2. The number of nitrogens with zero attached hydrogens (tertiary/aromatic N) is 4. The van der Waals surface area contributed by atoms with Crippen molar-refractivity contribution < 1.29 is 9.47 Å². The van der Waals surface area contributed by atoms with E-state index in [1.54, 1.807) is 18.7 Å². The summed E-state index contributed by atoms with van der Waals surface area (Å²) in [4.78, 5) is 0. The van der Waals surface area contributed by atoms with Crippen molar-refractivity contribution in [1.29, 1.82) is 0 Å². The molecular weight excluding hydrogens is 282 g/mol. The smallest absolute Gasteiger partial charge is 0.178 e. The van der Waals surface area contributed by atoms with E-state index in [-0.39, 0.29) is 6.04 Å². The lowest BCUT2D eigenvalue weighted by molar-refractivity contribution is 0.404. The van der Waals surface area contributed by atoms with Crippen LogP contribution in [0.15, 0.2) is 30.3 Å².